The molecule has 0 aliphatic heterocycles. The Kier molecular flexibility index (Phi) is 10.1. The fraction of sp³-hybridized carbons (Fsp3) is 0.128. The molecular formula is C47H43IN2PS+. The van der Waals surface area contributed by atoms with E-state index in [4.69, 9.17) is 0 Å². The Balaban J connectivity index is 1.15. The Morgan fingerprint density at radius 2 is 1.02 bits per heavy atom. The molecule has 1 aromatic heterocycles. The predicted molar refractivity (Wildman–Crippen MR) is 235 cm³/mol. The van der Waals surface area contributed by atoms with Crippen molar-refractivity contribution >= 4 is 75.5 Å². The van der Waals surface area contributed by atoms with Gasteiger partial charge in [0.25, 0.3) is 0 Å². The Bertz CT molecular complexity index is 2360. The zero-order valence-electron chi connectivity index (χ0n) is 29.5. The van der Waals surface area contributed by atoms with E-state index in [0.717, 1.165) is 31.4 Å². The molecule has 0 atom stereocenters. The van der Waals surface area contributed by atoms with Crippen LogP contribution >= 0.6 is 38.0 Å². The van der Waals surface area contributed by atoms with Gasteiger partial charge in [-0.25, -0.2) is 0 Å². The van der Waals surface area contributed by atoms with E-state index in [1.165, 1.54) is 59.4 Å². The van der Waals surface area contributed by atoms with E-state index in [2.05, 4.69) is 220 Å². The second kappa shape index (κ2) is 15.0. The van der Waals surface area contributed by atoms with E-state index in [9.17, 15) is 0 Å². The third-order valence-electron chi connectivity index (χ3n) is 10.4. The molecule has 0 N–H and O–H groups in total. The predicted octanol–water partition coefficient (Wildman–Crippen LogP) is 10.8. The van der Waals surface area contributed by atoms with E-state index >= 15 is 0 Å². The van der Waals surface area contributed by atoms with E-state index in [0.29, 0.717) is 0 Å². The van der Waals surface area contributed by atoms with Gasteiger partial charge in [-0.05, 0) is 0 Å². The number of hydrogen-bond donors (Lipinski definition) is 0. The summed E-state index contributed by atoms with van der Waals surface area (Å²) in [5.41, 5.74) is 3.93. The van der Waals surface area contributed by atoms with Crippen molar-refractivity contribution in [3.8, 4) is 0 Å². The van der Waals surface area contributed by atoms with Crippen LogP contribution in [0.2, 0.25) is 0 Å². The molecule has 0 amide bonds. The maximum atomic E-state index is 2.93. The number of fused-ring (bicyclic) bond motifs is 2. The summed E-state index contributed by atoms with van der Waals surface area (Å²) >= 11 is 4.94. The zero-order chi connectivity index (χ0) is 35.4. The van der Waals surface area contributed by atoms with Gasteiger partial charge in [0.1, 0.15) is 0 Å². The van der Waals surface area contributed by atoms with Gasteiger partial charge < -0.3 is 0 Å². The van der Waals surface area contributed by atoms with Gasteiger partial charge in [0.15, 0.2) is 0 Å². The molecule has 0 radical (unpaired) electrons. The number of rotatable bonds is 12. The van der Waals surface area contributed by atoms with Crippen molar-refractivity contribution in [2.45, 2.75) is 31.6 Å². The molecule has 0 fully saturated rings. The van der Waals surface area contributed by atoms with Crippen molar-refractivity contribution in [1.29, 1.82) is 0 Å². The van der Waals surface area contributed by atoms with Gasteiger partial charge in [0.2, 0.25) is 0 Å². The van der Waals surface area contributed by atoms with Crippen molar-refractivity contribution in [2.75, 3.05) is 11.9 Å². The number of benzene rings is 7. The topological polar surface area (TPSA) is 8.81 Å². The Labute approximate surface area is 325 Å². The molecule has 258 valence electrons. The first-order valence-corrected chi connectivity index (χ1v) is 24.3. The van der Waals surface area contributed by atoms with Crippen LogP contribution in [0.3, 0.4) is 0 Å². The Morgan fingerprint density at radius 3 is 1.56 bits per heavy atom. The molecule has 5 heteroatoms. The molecular weight excluding hydrogens is 782 g/mol. The van der Waals surface area contributed by atoms with Crippen LogP contribution in [0.5, 0.6) is 0 Å². The van der Waals surface area contributed by atoms with Gasteiger partial charge in [0, 0.05) is 0 Å². The minimum atomic E-state index is -2.84. The summed E-state index contributed by atoms with van der Waals surface area (Å²) in [5, 5.41) is 10.8. The summed E-state index contributed by atoms with van der Waals surface area (Å²) in [5.74, 6) is 1.02. The van der Waals surface area contributed by atoms with Crippen LogP contribution in [0.1, 0.15) is 23.2 Å². The monoisotopic (exact) mass is 825 g/mol. The SMILES string of the molecule is Cc1c[n+](Cc2ccc3ccccc3c2)c(SCCCP(I)(c2ccccc2)(c2ccccc2)c2ccccc2)n1Cc1ccc2ccccc2c1. The van der Waals surface area contributed by atoms with Crippen molar-refractivity contribution in [3.05, 3.63) is 199 Å². The molecule has 0 saturated carbocycles. The molecule has 0 aliphatic carbocycles. The number of halogens is 1. The van der Waals surface area contributed by atoms with Gasteiger partial charge >= 0.3 is 315 Å². The van der Waals surface area contributed by atoms with Crippen LogP contribution in [0.4, 0.5) is 0 Å². The van der Waals surface area contributed by atoms with Crippen LogP contribution in [0.15, 0.2) is 187 Å². The minimum absolute atomic E-state index is 0.836. The molecule has 0 aliphatic rings. The van der Waals surface area contributed by atoms with E-state index in [-0.39, 0.29) is 0 Å². The quantitative estimate of drug-likeness (QED) is 0.0392. The number of hydrogen-bond acceptors (Lipinski definition) is 1. The number of imidazole rings is 1. The first-order valence-electron chi connectivity index (χ1n) is 18.1. The summed E-state index contributed by atoms with van der Waals surface area (Å²) in [4.78, 5) is 0. The number of thioether (sulfide) groups is 1. The Hall–Kier alpha value is -4.22. The molecule has 0 unspecified atom stereocenters. The zero-order valence-corrected chi connectivity index (χ0v) is 33.4. The summed E-state index contributed by atoms with van der Waals surface area (Å²) in [6.45, 7) is 3.94. The fourth-order valence-electron chi connectivity index (χ4n) is 7.75. The van der Waals surface area contributed by atoms with Crippen molar-refractivity contribution in [2.24, 2.45) is 0 Å². The van der Waals surface area contributed by atoms with Crippen LogP contribution in [0, 0.1) is 6.92 Å². The molecule has 1 heterocycles. The molecule has 8 rings (SSSR count). The standard InChI is InChI=1S/C47H43IN2PS/c1-37-34-49(35-38-26-28-40-16-11-13-18-42(40)32-38)47(50(37)36-39-27-29-41-17-12-14-19-43(41)33-39)52-31-15-30-51(48,44-20-5-2-6-21-44,45-22-7-3-8-23-45)46-24-9-4-10-25-46/h2-14,16-29,32-34H,15,30-31,35-36H2,1H3/q+1. The van der Waals surface area contributed by atoms with E-state index < -0.39 is 4.25 Å². The van der Waals surface area contributed by atoms with Gasteiger partial charge in [-0.1, -0.05) is 12.1 Å². The fourth-order valence-corrected chi connectivity index (χ4v) is 17.8. The average Bonchev–Trinajstić information content (AvgIpc) is 3.49. The van der Waals surface area contributed by atoms with Crippen molar-refractivity contribution < 1.29 is 4.57 Å². The van der Waals surface area contributed by atoms with Crippen molar-refractivity contribution in [3.63, 3.8) is 0 Å². The van der Waals surface area contributed by atoms with Gasteiger partial charge in [-0.2, -0.15) is 0 Å². The van der Waals surface area contributed by atoms with Crippen LogP contribution in [-0.4, -0.2) is 16.5 Å². The first kappa shape index (κ1) is 34.8. The van der Waals surface area contributed by atoms with Gasteiger partial charge in [0.05, 0.1) is 0 Å². The van der Waals surface area contributed by atoms with E-state index in [1.54, 1.807) is 0 Å². The van der Waals surface area contributed by atoms with Crippen LogP contribution in [0.25, 0.3) is 21.5 Å². The number of nitrogens with zero attached hydrogens (tertiary/aromatic N) is 2. The third kappa shape index (κ3) is 6.73. The molecule has 2 nitrogen and oxygen atoms in total. The average molecular weight is 826 g/mol. The molecule has 0 saturated heterocycles. The summed E-state index contributed by atoms with van der Waals surface area (Å²) in [6, 6.07) is 65.1. The summed E-state index contributed by atoms with van der Waals surface area (Å²) in [7, 11) is 0. The van der Waals surface area contributed by atoms with Gasteiger partial charge in [-0.3, -0.25) is 0 Å². The maximum absolute atomic E-state index is 2.93. The second-order valence-electron chi connectivity index (χ2n) is 13.7. The van der Waals surface area contributed by atoms with Gasteiger partial charge in [-0.15, -0.1) is 0 Å². The molecule has 7 aromatic carbocycles. The summed E-state index contributed by atoms with van der Waals surface area (Å²) < 4.78 is 2.18. The molecule has 52 heavy (non-hydrogen) atoms. The molecule has 8 aromatic rings. The van der Waals surface area contributed by atoms with Crippen LogP contribution < -0.4 is 20.5 Å². The second-order valence-corrected chi connectivity index (χ2v) is 25.6. The Morgan fingerprint density at radius 1 is 0.558 bits per heavy atom. The van der Waals surface area contributed by atoms with Crippen molar-refractivity contribution in [1.82, 2.24) is 4.57 Å². The first-order chi connectivity index (χ1) is 25.5. The van der Waals surface area contributed by atoms with E-state index in [1.807, 2.05) is 11.8 Å². The number of aromatic nitrogens is 2. The normalized spacial score (nSPS) is 12.5. The third-order valence-corrected chi connectivity index (χ3v) is 23.4. The number of aryl methyl sites for hydroxylation is 1. The molecule has 0 spiro atoms. The van der Waals surface area contributed by atoms with Crippen LogP contribution in [-0.2, 0) is 13.1 Å². The summed E-state index contributed by atoms with van der Waals surface area (Å²) in [6.07, 6.45) is 4.53. The molecule has 0 bridgehead atoms.